The van der Waals surface area contributed by atoms with Crippen LogP contribution < -0.4 is 10.6 Å². The maximum absolute atomic E-state index is 14.3. The molecule has 4 nitrogen and oxygen atoms in total. The molecule has 0 saturated carbocycles. The lowest BCUT2D eigenvalue weighted by Crippen LogP contribution is -2.31. The normalized spacial score (nSPS) is 14.2. The predicted octanol–water partition coefficient (Wildman–Crippen LogP) is 1.75. The molecular weight excluding hydrogens is 257 g/mol. The van der Waals surface area contributed by atoms with E-state index in [0.717, 1.165) is 30.6 Å². The molecule has 0 aliphatic carbocycles. The summed E-state index contributed by atoms with van der Waals surface area (Å²) in [5.74, 6) is -0.454. The van der Waals surface area contributed by atoms with Gasteiger partial charge in [-0.05, 0) is 50.2 Å². The monoisotopic (exact) mass is 279 g/mol. The summed E-state index contributed by atoms with van der Waals surface area (Å²) >= 11 is 0. The second kappa shape index (κ2) is 6.81. The van der Waals surface area contributed by atoms with Gasteiger partial charge in [0.2, 0.25) is 5.91 Å². The number of nitrogens with zero attached hydrogens (tertiary/aromatic N) is 1. The first kappa shape index (κ1) is 14.9. The summed E-state index contributed by atoms with van der Waals surface area (Å²) in [6.45, 7) is 4.67. The fraction of sp³-hybridized carbons (Fsp3) is 0.533. The zero-order valence-corrected chi connectivity index (χ0v) is 12.1. The third-order valence-electron chi connectivity index (χ3n) is 3.50. The molecule has 1 heterocycles. The van der Waals surface area contributed by atoms with E-state index in [1.165, 1.54) is 0 Å². The van der Waals surface area contributed by atoms with E-state index in [0.29, 0.717) is 18.7 Å². The second-order valence-corrected chi connectivity index (χ2v) is 5.28. The molecule has 2 rings (SSSR count). The minimum Gasteiger partial charge on any atom is -0.322 e. The summed E-state index contributed by atoms with van der Waals surface area (Å²) in [5.41, 5.74) is 2.00. The molecule has 0 saturated heterocycles. The Bertz CT molecular complexity index is 490. The number of rotatable bonds is 5. The van der Waals surface area contributed by atoms with Crippen LogP contribution in [0.2, 0.25) is 0 Å². The molecule has 2 N–H and O–H groups in total. The summed E-state index contributed by atoms with van der Waals surface area (Å²) in [5, 5.41) is 5.88. The molecule has 1 aromatic rings. The van der Waals surface area contributed by atoms with Crippen LogP contribution in [0.4, 0.5) is 10.1 Å². The van der Waals surface area contributed by atoms with Gasteiger partial charge in [0.25, 0.3) is 0 Å². The van der Waals surface area contributed by atoms with Crippen LogP contribution in [-0.4, -0.2) is 37.5 Å². The van der Waals surface area contributed by atoms with E-state index in [1.807, 2.05) is 18.0 Å². The van der Waals surface area contributed by atoms with Gasteiger partial charge in [-0.15, -0.1) is 0 Å². The molecule has 1 amide bonds. The van der Waals surface area contributed by atoms with E-state index < -0.39 is 0 Å². The van der Waals surface area contributed by atoms with Crippen molar-refractivity contribution in [3.05, 3.63) is 29.1 Å². The Labute approximate surface area is 119 Å². The fourth-order valence-electron chi connectivity index (χ4n) is 2.53. The van der Waals surface area contributed by atoms with Crippen LogP contribution in [-0.2, 0) is 17.8 Å². The SMILES string of the molecule is CCCN(C)CC(=O)Nc1ccc2c(c1F)CCNC2. The molecule has 0 fully saturated rings. The minimum absolute atomic E-state index is 0.172. The number of anilines is 1. The molecule has 110 valence electrons. The van der Waals surface area contributed by atoms with Crippen molar-refractivity contribution in [3.63, 3.8) is 0 Å². The van der Waals surface area contributed by atoms with Crippen LogP contribution in [0.15, 0.2) is 12.1 Å². The standard InChI is InChI=1S/C15H22FN3O/c1-3-8-19(2)10-14(20)18-13-5-4-11-9-17-7-6-12(11)15(13)16/h4-5,17H,3,6-10H2,1-2H3,(H,18,20). The molecule has 0 spiro atoms. The molecule has 20 heavy (non-hydrogen) atoms. The number of likely N-dealkylation sites (N-methyl/N-ethyl adjacent to an activating group) is 1. The maximum atomic E-state index is 14.3. The van der Waals surface area contributed by atoms with Crippen LogP contribution in [0.5, 0.6) is 0 Å². The highest BCUT2D eigenvalue weighted by molar-refractivity contribution is 5.92. The molecule has 1 aromatic carbocycles. The van der Waals surface area contributed by atoms with E-state index in [9.17, 15) is 9.18 Å². The smallest absolute Gasteiger partial charge is 0.238 e. The summed E-state index contributed by atoms with van der Waals surface area (Å²) in [6, 6.07) is 3.54. The zero-order chi connectivity index (χ0) is 14.5. The topological polar surface area (TPSA) is 44.4 Å². The van der Waals surface area contributed by atoms with Gasteiger partial charge in [0.15, 0.2) is 0 Å². The molecule has 0 radical (unpaired) electrons. The maximum Gasteiger partial charge on any atom is 0.238 e. The van der Waals surface area contributed by atoms with Crippen molar-refractivity contribution < 1.29 is 9.18 Å². The van der Waals surface area contributed by atoms with Gasteiger partial charge in [0.05, 0.1) is 12.2 Å². The highest BCUT2D eigenvalue weighted by atomic mass is 19.1. The van der Waals surface area contributed by atoms with Crippen LogP contribution in [0.25, 0.3) is 0 Å². The number of hydrogen-bond donors (Lipinski definition) is 2. The van der Waals surface area contributed by atoms with Crippen molar-refractivity contribution in [1.82, 2.24) is 10.2 Å². The van der Waals surface area contributed by atoms with Crippen molar-refractivity contribution >= 4 is 11.6 Å². The van der Waals surface area contributed by atoms with Crippen molar-refractivity contribution in [2.75, 3.05) is 32.0 Å². The summed E-state index contributed by atoms with van der Waals surface area (Å²) < 4.78 is 14.3. The molecule has 1 aliphatic rings. The quantitative estimate of drug-likeness (QED) is 0.863. The van der Waals surface area contributed by atoms with Gasteiger partial charge >= 0.3 is 0 Å². The number of halogens is 1. The van der Waals surface area contributed by atoms with Crippen LogP contribution in [0, 0.1) is 5.82 Å². The summed E-state index contributed by atoms with van der Waals surface area (Å²) in [4.78, 5) is 13.8. The predicted molar refractivity (Wildman–Crippen MR) is 78.2 cm³/mol. The molecule has 0 unspecified atom stereocenters. The average molecular weight is 279 g/mol. The number of fused-ring (bicyclic) bond motifs is 1. The first-order valence-corrected chi connectivity index (χ1v) is 7.11. The lowest BCUT2D eigenvalue weighted by molar-refractivity contribution is -0.117. The van der Waals surface area contributed by atoms with Crippen LogP contribution in [0.3, 0.4) is 0 Å². The molecule has 0 aromatic heterocycles. The average Bonchev–Trinajstić information content (AvgIpc) is 2.42. The highest BCUT2D eigenvalue weighted by Crippen LogP contribution is 2.24. The van der Waals surface area contributed by atoms with Gasteiger partial charge in [-0.25, -0.2) is 4.39 Å². The van der Waals surface area contributed by atoms with Crippen molar-refractivity contribution in [1.29, 1.82) is 0 Å². The van der Waals surface area contributed by atoms with Gasteiger partial charge in [0, 0.05) is 6.54 Å². The number of benzene rings is 1. The lowest BCUT2D eigenvalue weighted by atomic mass is 9.99. The molecular formula is C15H22FN3O. The Balaban J connectivity index is 2.04. The number of carbonyl (C=O) groups excluding carboxylic acids is 1. The fourth-order valence-corrected chi connectivity index (χ4v) is 2.53. The van der Waals surface area contributed by atoms with E-state index in [2.05, 4.69) is 17.6 Å². The second-order valence-electron chi connectivity index (χ2n) is 5.28. The van der Waals surface area contributed by atoms with Crippen LogP contribution >= 0.6 is 0 Å². The van der Waals surface area contributed by atoms with Gasteiger partial charge in [-0.2, -0.15) is 0 Å². The van der Waals surface area contributed by atoms with Crippen molar-refractivity contribution in [3.8, 4) is 0 Å². The molecule has 0 bridgehead atoms. The summed E-state index contributed by atoms with van der Waals surface area (Å²) in [7, 11) is 1.89. The van der Waals surface area contributed by atoms with Gasteiger partial charge in [-0.3, -0.25) is 9.69 Å². The van der Waals surface area contributed by atoms with E-state index in [4.69, 9.17) is 0 Å². The first-order chi connectivity index (χ1) is 9.61. The number of nitrogens with one attached hydrogen (secondary N) is 2. The van der Waals surface area contributed by atoms with E-state index >= 15 is 0 Å². The number of carbonyl (C=O) groups is 1. The summed E-state index contributed by atoms with van der Waals surface area (Å²) in [6.07, 6.45) is 1.66. The van der Waals surface area contributed by atoms with Gasteiger partial charge < -0.3 is 10.6 Å². The Morgan fingerprint density at radius 1 is 1.50 bits per heavy atom. The van der Waals surface area contributed by atoms with E-state index in [-0.39, 0.29) is 18.3 Å². The largest absolute Gasteiger partial charge is 0.322 e. The Morgan fingerprint density at radius 2 is 2.30 bits per heavy atom. The Morgan fingerprint density at radius 3 is 3.05 bits per heavy atom. The third-order valence-corrected chi connectivity index (χ3v) is 3.50. The Hall–Kier alpha value is -1.46. The first-order valence-electron chi connectivity index (χ1n) is 7.11. The zero-order valence-electron chi connectivity index (χ0n) is 12.1. The third kappa shape index (κ3) is 3.55. The minimum atomic E-state index is -0.282. The molecule has 0 atom stereocenters. The van der Waals surface area contributed by atoms with E-state index in [1.54, 1.807) is 6.07 Å². The van der Waals surface area contributed by atoms with Crippen molar-refractivity contribution in [2.24, 2.45) is 0 Å². The van der Waals surface area contributed by atoms with Gasteiger partial charge in [0.1, 0.15) is 5.82 Å². The Kier molecular flexibility index (Phi) is 5.09. The molecule has 5 heteroatoms. The number of amides is 1. The highest BCUT2D eigenvalue weighted by Gasteiger charge is 2.17. The van der Waals surface area contributed by atoms with Gasteiger partial charge in [-0.1, -0.05) is 13.0 Å². The molecule has 1 aliphatic heterocycles. The van der Waals surface area contributed by atoms with Crippen LogP contribution in [0.1, 0.15) is 24.5 Å². The van der Waals surface area contributed by atoms with Crippen molar-refractivity contribution in [2.45, 2.75) is 26.3 Å². The lowest BCUT2D eigenvalue weighted by Gasteiger charge is -2.20. The number of hydrogen-bond acceptors (Lipinski definition) is 3.